The lowest BCUT2D eigenvalue weighted by Crippen LogP contribution is -2.47. The zero-order valence-corrected chi connectivity index (χ0v) is 17.1. The molecule has 150 valence electrons. The molecule has 2 rings (SSSR count). The van der Waals surface area contributed by atoms with Crippen molar-refractivity contribution in [3.63, 3.8) is 0 Å². The molecule has 2 N–H and O–H groups in total. The van der Waals surface area contributed by atoms with Gasteiger partial charge in [0, 0.05) is 36.9 Å². The predicted octanol–water partition coefficient (Wildman–Crippen LogP) is 3.69. The van der Waals surface area contributed by atoms with Crippen LogP contribution < -0.4 is 15.5 Å². The van der Waals surface area contributed by atoms with E-state index in [-0.39, 0.29) is 11.9 Å². The van der Waals surface area contributed by atoms with Crippen LogP contribution in [-0.2, 0) is 4.79 Å². The minimum Gasteiger partial charge on any atom is -0.336 e. The summed E-state index contributed by atoms with van der Waals surface area (Å²) in [5.41, 5.74) is 1.55. The molecule has 1 aliphatic rings. The number of nitrogens with one attached hydrogen (secondary N) is 2. The van der Waals surface area contributed by atoms with Gasteiger partial charge in [0.1, 0.15) is 0 Å². The number of rotatable bonds is 8. The summed E-state index contributed by atoms with van der Waals surface area (Å²) in [5.74, 6) is 0.612. The fourth-order valence-corrected chi connectivity index (χ4v) is 3.68. The third kappa shape index (κ3) is 5.96. The fourth-order valence-electron chi connectivity index (χ4n) is 3.68. The van der Waals surface area contributed by atoms with Gasteiger partial charge in [-0.3, -0.25) is 9.69 Å². The Hall–Kier alpha value is -2.08. The first-order chi connectivity index (χ1) is 13.0. The van der Waals surface area contributed by atoms with Crippen LogP contribution >= 0.6 is 0 Å². The van der Waals surface area contributed by atoms with Crippen LogP contribution in [0, 0.1) is 5.92 Å². The second-order valence-corrected chi connectivity index (χ2v) is 7.42. The van der Waals surface area contributed by atoms with Crippen molar-refractivity contribution in [2.75, 3.05) is 36.4 Å². The Morgan fingerprint density at radius 2 is 1.96 bits per heavy atom. The van der Waals surface area contributed by atoms with Gasteiger partial charge in [0.25, 0.3) is 0 Å². The van der Waals surface area contributed by atoms with Gasteiger partial charge in [0.15, 0.2) is 0 Å². The van der Waals surface area contributed by atoms with Gasteiger partial charge in [-0.15, -0.1) is 0 Å². The van der Waals surface area contributed by atoms with Crippen molar-refractivity contribution >= 4 is 23.3 Å². The molecule has 27 heavy (non-hydrogen) atoms. The Morgan fingerprint density at radius 3 is 2.59 bits per heavy atom. The highest BCUT2D eigenvalue weighted by atomic mass is 16.2. The SMILES string of the molecule is CCN(CC)[C@@H](CNC(=O)Nc1cccc(N2CCCCC2=O)c1)C(C)C. The largest absolute Gasteiger partial charge is 0.336 e. The van der Waals surface area contributed by atoms with E-state index in [2.05, 4.69) is 43.2 Å². The lowest BCUT2D eigenvalue weighted by atomic mass is 10.0. The van der Waals surface area contributed by atoms with E-state index in [1.807, 2.05) is 29.2 Å². The van der Waals surface area contributed by atoms with Crippen molar-refractivity contribution in [3.8, 4) is 0 Å². The van der Waals surface area contributed by atoms with E-state index < -0.39 is 0 Å². The quantitative estimate of drug-likeness (QED) is 0.729. The highest BCUT2D eigenvalue weighted by molar-refractivity contribution is 5.95. The topological polar surface area (TPSA) is 64.7 Å². The summed E-state index contributed by atoms with van der Waals surface area (Å²) in [4.78, 5) is 28.7. The molecule has 0 unspecified atom stereocenters. The van der Waals surface area contributed by atoms with E-state index in [1.54, 1.807) is 0 Å². The van der Waals surface area contributed by atoms with E-state index >= 15 is 0 Å². The van der Waals surface area contributed by atoms with E-state index in [0.29, 0.717) is 30.6 Å². The summed E-state index contributed by atoms with van der Waals surface area (Å²) in [6.45, 7) is 11.9. The summed E-state index contributed by atoms with van der Waals surface area (Å²) in [7, 11) is 0. The number of hydrogen-bond donors (Lipinski definition) is 2. The molecule has 0 aromatic heterocycles. The molecule has 0 bridgehead atoms. The average molecular weight is 375 g/mol. The Balaban J connectivity index is 1.95. The molecule has 3 amide bonds. The van der Waals surface area contributed by atoms with Crippen molar-refractivity contribution in [1.29, 1.82) is 0 Å². The maximum absolute atomic E-state index is 12.4. The van der Waals surface area contributed by atoms with Gasteiger partial charge >= 0.3 is 6.03 Å². The molecule has 0 radical (unpaired) electrons. The van der Waals surface area contributed by atoms with E-state index in [1.165, 1.54) is 0 Å². The molecule has 6 nitrogen and oxygen atoms in total. The van der Waals surface area contributed by atoms with Crippen LogP contribution in [0.1, 0.15) is 47.0 Å². The van der Waals surface area contributed by atoms with E-state index in [9.17, 15) is 9.59 Å². The van der Waals surface area contributed by atoms with Crippen LogP contribution in [-0.4, -0.2) is 49.1 Å². The van der Waals surface area contributed by atoms with Crippen LogP contribution in [0.15, 0.2) is 24.3 Å². The van der Waals surface area contributed by atoms with Crippen molar-refractivity contribution < 1.29 is 9.59 Å². The first-order valence-electron chi connectivity index (χ1n) is 10.2. The van der Waals surface area contributed by atoms with Gasteiger partial charge < -0.3 is 15.5 Å². The summed E-state index contributed by atoms with van der Waals surface area (Å²) in [6, 6.07) is 7.61. The maximum Gasteiger partial charge on any atom is 0.319 e. The Labute approximate surface area is 163 Å². The molecule has 1 atom stereocenters. The first-order valence-corrected chi connectivity index (χ1v) is 10.2. The third-order valence-electron chi connectivity index (χ3n) is 5.26. The average Bonchev–Trinajstić information content (AvgIpc) is 2.65. The van der Waals surface area contributed by atoms with E-state index in [4.69, 9.17) is 0 Å². The molecule has 0 aliphatic carbocycles. The number of nitrogens with zero attached hydrogens (tertiary/aromatic N) is 2. The summed E-state index contributed by atoms with van der Waals surface area (Å²) >= 11 is 0. The number of urea groups is 1. The van der Waals surface area contributed by atoms with Crippen LogP contribution in [0.2, 0.25) is 0 Å². The summed E-state index contributed by atoms with van der Waals surface area (Å²) < 4.78 is 0. The van der Waals surface area contributed by atoms with Gasteiger partial charge in [-0.05, 0) is 50.0 Å². The van der Waals surface area contributed by atoms with Gasteiger partial charge in [0.05, 0.1) is 0 Å². The molecule has 0 saturated carbocycles. The molecule has 1 aromatic carbocycles. The van der Waals surface area contributed by atoms with Crippen LogP contribution in [0.3, 0.4) is 0 Å². The molecule has 1 saturated heterocycles. The Bertz CT molecular complexity index is 628. The first kappa shape index (κ1) is 21.2. The second-order valence-electron chi connectivity index (χ2n) is 7.42. The zero-order valence-electron chi connectivity index (χ0n) is 17.1. The fraction of sp³-hybridized carbons (Fsp3) is 0.619. The lowest BCUT2D eigenvalue weighted by Gasteiger charge is -2.32. The lowest BCUT2D eigenvalue weighted by molar-refractivity contribution is -0.119. The Kier molecular flexibility index (Phi) is 8.10. The third-order valence-corrected chi connectivity index (χ3v) is 5.26. The van der Waals surface area contributed by atoms with Crippen molar-refractivity contribution in [2.45, 2.75) is 53.0 Å². The normalized spacial score (nSPS) is 15.9. The number of benzene rings is 1. The van der Waals surface area contributed by atoms with E-state index in [0.717, 1.165) is 38.2 Å². The number of amides is 3. The highest BCUT2D eigenvalue weighted by Gasteiger charge is 2.21. The van der Waals surface area contributed by atoms with Gasteiger partial charge in [-0.2, -0.15) is 0 Å². The molecule has 6 heteroatoms. The number of anilines is 2. The standard InChI is InChI=1S/C21H34N4O2/c1-5-24(6-2)19(16(3)4)15-22-21(27)23-17-10-9-11-18(14-17)25-13-8-7-12-20(25)26/h9-11,14,16,19H,5-8,12-13,15H2,1-4H3,(H2,22,23,27)/t19-/m0/s1. The minimum absolute atomic E-state index is 0.154. The smallest absolute Gasteiger partial charge is 0.319 e. The highest BCUT2D eigenvalue weighted by Crippen LogP contribution is 2.23. The van der Waals surface area contributed by atoms with Gasteiger partial charge in [-0.25, -0.2) is 4.79 Å². The van der Waals surface area contributed by atoms with Crippen molar-refractivity contribution in [3.05, 3.63) is 24.3 Å². The summed E-state index contributed by atoms with van der Waals surface area (Å²) in [5, 5.41) is 5.90. The molecule has 1 heterocycles. The minimum atomic E-state index is -0.213. The summed E-state index contributed by atoms with van der Waals surface area (Å²) in [6.07, 6.45) is 2.57. The Morgan fingerprint density at radius 1 is 1.22 bits per heavy atom. The number of carbonyl (C=O) groups is 2. The monoisotopic (exact) mass is 374 g/mol. The number of carbonyl (C=O) groups excluding carboxylic acids is 2. The van der Waals surface area contributed by atoms with Crippen molar-refractivity contribution in [2.24, 2.45) is 5.92 Å². The maximum atomic E-state index is 12.4. The van der Waals surface area contributed by atoms with Crippen LogP contribution in [0.25, 0.3) is 0 Å². The molecular formula is C21H34N4O2. The molecule has 0 spiro atoms. The number of hydrogen-bond acceptors (Lipinski definition) is 3. The van der Waals surface area contributed by atoms with Crippen LogP contribution in [0.4, 0.5) is 16.2 Å². The molecule has 1 aromatic rings. The molecule has 1 fully saturated rings. The van der Waals surface area contributed by atoms with Gasteiger partial charge in [0.2, 0.25) is 5.91 Å². The van der Waals surface area contributed by atoms with Gasteiger partial charge in [-0.1, -0.05) is 33.8 Å². The number of likely N-dealkylation sites (N-methyl/N-ethyl adjacent to an activating group) is 1. The van der Waals surface area contributed by atoms with Crippen LogP contribution in [0.5, 0.6) is 0 Å². The molecular weight excluding hydrogens is 340 g/mol. The molecule has 1 aliphatic heterocycles. The van der Waals surface area contributed by atoms with Crippen molar-refractivity contribution in [1.82, 2.24) is 10.2 Å². The number of piperidine rings is 1. The second kappa shape index (κ2) is 10.3. The predicted molar refractivity (Wildman–Crippen MR) is 111 cm³/mol. The zero-order chi connectivity index (χ0) is 19.8.